The largest absolute Gasteiger partial charge is 1.00 e. The number of nitrogens with zero attached hydrogens (tertiary/aromatic N) is 2. The Balaban J connectivity index is 0.00000261. The summed E-state index contributed by atoms with van der Waals surface area (Å²) in [5.74, 6) is 1.67. The van der Waals surface area contributed by atoms with Crippen molar-refractivity contribution in [3.63, 3.8) is 0 Å². The highest BCUT2D eigenvalue weighted by atomic mass is 79.9. The second-order valence-corrected chi connectivity index (χ2v) is 6.08. The summed E-state index contributed by atoms with van der Waals surface area (Å²) in [7, 11) is 3.12. The SMILES string of the molecule is CCCn1c(N)[n+](CC(=O)c2ccc(OC)c(OC)c2)c2ccccc21.[Br-]. The predicted molar refractivity (Wildman–Crippen MR) is 101 cm³/mol. The van der Waals surface area contributed by atoms with Crippen molar-refractivity contribution >= 4 is 22.8 Å². The van der Waals surface area contributed by atoms with Crippen molar-refractivity contribution in [2.24, 2.45) is 0 Å². The fraction of sp³-hybridized carbons (Fsp3) is 0.300. The van der Waals surface area contributed by atoms with E-state index in [0.717, 1.165) is 24.0 Å². The van der Waals surface area contributed by atoms with E-state index in [0.29, 0.717) is 23.0 Å². The maximum atomic E-state index is 12.9. The normalized spacial score (nSPS) is 10.5. The zero-order valence-electron chi connectivity index (χ0n) is 15.7. The Morgan fingerprint density at radius 3 is 2.48 bits per heavy atom. The lowest BCUT2D eigenvalue weighted by Gasteiger charge is -2.09. The molecule has 0 bridgehead atoms. The van der Waals surface area contributed by atoms with E-state index >= 15 is 0 Å². The molecular weight excluding hydrogens is 410 g/mol. The number of aryl methyl sites for hydroxylation is 1. The molecule has 0 aliphatic heterocycles. The van der Waals surface area contributed by atoms with Crippen molar-refractivity contribution in [3.05, 3.63) is 48.0 Å². The Labute approximate surface area is 169 Å². The third kappa shape index (κ3) is 3.93. The van der Waals surface area contributed by atoms with Gasteiger partial charge in [0.15, 0.2) is 17.3 Å². The Bertz CT molecular complexity index is 953. The second-order valence-electron chi connectivity index (χ2n) is 6.08. The predicted octanol–water partition coefficient (Wildman–Crippen LogP) is -0.175. The van der Waals surface area contributed by atoms with E-state index in [1.54, 1.807) is 32.4 Å². The van der Waals surface area contributed by atoms with Crippen LogP contribution in [0.3, 0.4) is 0 Å². The molecule has 3 aromatic rings. The monoisotopic (exact) mass is 433 g/mol. The Kier molecular flexibility index (Phi) is 6.85. The summed E-state index contributed by atoms with van der Waals surface area (Å²) in [6, 6.07) is 13.1. The Morgan fingerprint density at radius 1 is 1.11 bits per heavy atom. The average Bonchev–Trinajstić information content (AvgIpc) is 2.93. The summed E-state index contributed by atoms with van der Waals surface area (Å²) in [5, 5.41) is 0. The van der Waals surface area contributed by atoms with Gasteiger partial charge in [-0.2, -0.15) is 0 Å². The van der Waals surface area contributed by atoms with Gasteiger partial charge >= 0.3 is 5.95 Å². The summed E-state index contributed by atoms with van der Waals surface area (Å²) in [6.07, 6.45) is 0.965. The molecule has 0 atom stereocenters. The van der Waals surface area contributed by atoms with Gasteiger partial charge in [0.25, 0.3) is 0 Å². The third-order valence-corrected chi connectivity index (χ3v) is 4.47. The van der Waals surface area contributed by atoms with Crippen LogP contribution in [0.5, 0.6) is 11.5 Å². The fourth-order valence-corrected chi connectivity index (χ4v) is 3.18. The molecule has 6 nitrogen and oxygen atoms in total. The van der Waals surface area contributed by atoms with Crippen molar-refractivity contribution in [1.82, 2.24) is 4.57 Å². The number of nitrogens with two attached hydrogens (primary N) is 1. The highest BCUT2D eigenvalue weighted by Crippen LogP contribution is 2.28. The molecule has 0 unspecified atom stereocenters. The van der Waals surface area contributed by atoms with Gasteiger partial charge in [0.1, 0.15) is 17.6 Å². The van der Waals surface area contributed by atoms with Gasteiger partial charge in [-0.3, -0.25) is 10.5 Å². The highest BCUT2D eigenvalue weighted by Gasteiger charge is 2.23. The summed E-state index contributed by atoms with van der Waals surface area (Å²) in [5.41, 5.74) is 8.90. The molecule has 0 fully saturated rings. The van der Waals surface area contributed by atoms with Crippen LogP contribution >= 0.6 is 0 Å². The molecule has 1 aromatic heterocycles. The zero-order valence-corrected chi connectivity index (χ0v) is 17.3. The van der Waals surface area contributed by atoms with Gasteiger partial charge in [0.2, 0.25) is 0 Å². The molecule has 27 heavy (non-hydrogen) atoms. The Hall–Kier alpha value is -2.54. The minimum absolute atomic E-state index is 0. The van der Waals surface area contributed by atoms with E-state index < -0.39 is 0 Å². The first kappa shape index (κ1) is 20.8. The van der Waals surface area contributed by atoms with Gasteiger partial charge in [-0.1, -0.05) is 19.1 Å². The summed E-state index contributed by atoms with van der Waals surface area (Å²) in [4.78, 5) is 12.9. The molecule has 144 valence electrons. The van der Waals surface area contributed by atoms with Crippen LogP contribution in [0.1, 0.15) is 23.7 Å². The number of Topliss-reactive ketones (excluding diaryl/α,β-unsaturated/α-hetero) is 1. The molecule has 0 amide bonds. The number of methoxy groups -OCH3 is 2. The van der Waals surface area contributed by atoms with Crippen LogP contribution in [-0.4, -0.2) is 24.6 Å². The number of imidazole rings is 1. The van der Waals surface area contributed by atoms with Crippen LogP contribution in [0.25, 0.3) is 11.0 Å². The van der Waals surface area contributed by atoms with Gasteiger partial charge in [-0.15, -0.1) is 0 Å². The molecule has 0 radical (unpaired) electrons. The standard InChI is InChI=1S/C20H23N3O3.BrH/c1-4-11-22-15-7-5-6-8-16(15)23(20(22)21)13-17(24)14-9-10-18(25-2)19(12-14)26-3;/h5-10,12,21H,4,11,13H2,1-3H3;1H. The molecule has 2 aromatic carbocycles. The number of halogens is 1. The Morgan fingerprint density at radius 2 is 1.81 bits per heavy atom. The van der Waals surface area contributed by atoms with Gasteiger partial charge < -0.3 is 26.5 Å². The van der Waals surface area contributed by atoms with Crippen molar-refractivity contribution < 1.29 is 35.8 Å². The van der Waals surface area contributed by atoms with E-state index in [2.05, 4.69) is 11.5 Å². The lowest BCUT2D eigenvalue weighted by atomic mass is 10.1. The number of benzene rings is 2. The first-order valence-corrected chi connectivity index (χ1v) is 8.62. The number of carbonyl (C=O) groups is 1. The quantitative estimate of drug-likeness (QED) is 0.414. The molecule has 3 rings (SSSR count). The minimum atomic E-state index is -0.0398. The van der Waals surface area contributed by atoms with Crippen LogP contribution in [0, 0.1) is 0 Å². The van der Waals surface area contributed by atoms with Crippen LogP contribution in [-0.2, 0) is 13.1 Å². The van der Waals surface area contributed by atoms with Crippen molar-refractivity contribution in [2.75, 3.05) is 20.0 Å². The van der Waals surface area contributed by atoms with E-state index in [1.165, 1.54) is 0 Å². The van der Waals surface area contributed by atoms with Crippen molar-refractivity contribution in [2.45, 2.75) is 26.4 Å². The lowest BCUT2D eigenvalue weighted by Crippen LogP contribution is -3.00. The number of aromatic nitrogens is 2. The van der Waals surface area contributed by atoms with E-state index in [9.17, 15) is 4.79 Å². The van der Waals surface area contributed by atoms with E-state index in [-0.39, 0.29) is 29.3 Å². The first-order chi connectivity index (χ1) is 12.6. The molecular formula is C20H24BrN3O3. The molecule has 7 heteroatoms. The molecule has 0 aliphatic carbocycles. The maximum absolute atomic E-state index is 12.9. The van der Waals surface area contributed by atoms with Crippen LogP contribution < -0.4 is 36.8 Å². The summed E-state index contributed by atoms with van der Waals surface area (Å²) in [6.45, 7) is 3.08. The minimum Gasteiger partial charge on any atom is -1.00 e. The summed E-state index contributed by atoms with van der Waals surface area (Å²) >= 11 is 0. The molecule has 0 spiro atoms. The number of anilines is 1. The van der Waals surface area contributed by atoms with Gasteiger partial charge in [-0.25, -0.2) is 9.13 Å². The van der Waals surface area contributed by atoms with Gasteiger partial charge in [0, 0.05) is 5.56 Å². The molecule has 0 saturated carbocycles. The number of fused-ring (bicyclic) bond motifs is 1. The van der Waals surface area contributed by atoms with Gasteiger partial charge in [0.05, 0.1) is 20.8 Å². The number of ether oxygens (including phenoxy) is 2. The van der Waals surface area contributed by atoms with E-state index in [1.807, 2.05) is 28.8 Å². The number of ketones is 1. The molecule has 0 saturated heterocycles. The fourth-order valence-electron chi connectivity index (χ4n) is 3.18. The highest BCUT2D eigenvalue weighted by molar-refractivity contribution is 5.96. The molecule has 2 N–H and O–H groups in total. The zero-order chi connectivity index (χ0) is 18.7. The number of hydrogen-bond acceptors (Lipinski definition) is 4. The second kappa shape index (κ2) is 8.90. The topological polar surface area (TPSA) is 70.4 Å². The smallest absolute Gasteiger partial charge is 0.356 e. The number of para-hydroxylation sites is 2. The van der Waals surface area contributed by atoms with Crippen LogP contribution in [0.4, 0.5) is 5.95 Å². The number of rotatable bonds is 7. The van der Waals surface area contributed by atoms with Crippen molar-refractivity contribution in [1.29, 1.82) is 0 Å². The number of hydrogen-bond donors (Lipinski definition) is 1. The number of carbonyl (C=O) groups excluding carboxylic acids is 1. The molecule has 0 aliphatic rings. The average molecular weight is 434 g/mol. The van der Waals surface area contributed by atoms with Crippen molar-refractivity contribution in [3.8, 4) is 11.5 Å². The van der Waals surface area contributed by atoms with Gasteiger partial charge in [-0.05, 0) is 36.8 Å². The lowest BCUT2D eigenvalue weighted by molar-refractivity contribution is -0.642. The summed E-state index contributed by atoms with van der Waals surface area (Å²) < 4.78 is 14.4. The van der Waals surface area contributed by atoms with E-state index in [4.69, 9.17) is 15.2 Å². The maximum Gasteiger partial charge on any atom is 0.356 e. The van der Waals surface area contributed by atoms with Crippen LogP contribution in [0.2, 0.25) is 0 Å². The number of nitrogen functional groups attached to an aromatic ring is 1. The first-order valence-electron chi connectivity index (χ1n) is 8.62. The van der Waals surface area contributed by atoms with Crippen LogP contribution in [0.15, 0.2) is 42.5 Å². The molecule has 1 heterocycles. The third-order valence-electron chi connectivity index (χ3n) is 4.47.